The van der Waals surface area contributed by atoms with Gasteiger partial charge in [0.05, 0.1) is 12.2 Å². The molecule has 1 aliphatic rings. The maximum Gasteiger partial charge on any atom is 0.273 e. The lowest BCUT2D eigenvalue weighted by atomic mass is 10.0. The molecule has 19 heavy (non-hydrogen) atoms. The minimum Gasteiger partial charge on any atom is -0.344 e. The average molecular weight is 278 g/mol. The summed E-state index contributed by atoms with van der Waals surface area (Å²) < 4.78 is 13.3. The highest BCUT2D eigenvalue weighted by atomic mass is 32.2. The Balaban J connectivity index is 1.84. The molecule has 1 aromatic carbocycles. The number of fused-ring (bicyclic) bond motifs is 1. The SMILES string of the molecule is O=C(NC1CCSc2ccc(F)cc21)c1cn[nH]n1. The normalized spacial score (nSPS) is 17.8. The van der Waals surface area contributed by atoms with Crippen molar-refractivity contribution >= 4 is 17.7 Å². The Kier molecular flexibility index (Phi) is 3.20. The number of nitrogens with zero attached hydrogens (tertiary/aromatic N) is 2. The zero-order valence-corrected chi connectivity index (χ0v) is 10.7. The summed E-state index contributed by atoms with van der Waals surface area (Å²) in [6, 6.07) is 4.49. The van der Waals surface area contributed by atoms with Crippen LogP contribution >= 0.6 is 11.8 Å². The second kappa shape index (κ2) is 5.00. The van der Waals surface area contributed by atoms with Gasteiger partial charge in [-0.3, -0.25) is 4.79 Å². The molecule has 1 aromatic heterocycles. The summed E-state index contributed by atoms with van der Waals surface area (Å²) in [7, 11) is 0. The molecule has 2 heterocycles. The van der Waals surface area contributed by atoms with Crippen LogP contribution < -0.4 is 5.32 Å². The van der Waals surface area contributed by atoms with E-state index in [1.54, 1.807) is 17.8 Å². The summed E-state index contributed by atoms with van der Waals surface area (Å²) in [6.07, 6.45) is 2.13. The fourth-order valence-electron chi connectivity index (χ4n) is 2.06. The molecule has 2 aromatic rings. The van der Waals surface area contributed by atoms with Crippen molar-refractivity contribution < 1.29 is 9.18 Å². The van der Waals surface area contributed by atoms with Crippen LogP contribution in [-0.2, 0) is 0 Å². The third kappa shape index (κ3) is 2.46. The van der Waals surface area contributed by atoms with E-state index in [1.165, 1.54) is 18.3 Å². The first-order valence-electron chi connectivity index (χ1n) is 5.83. The first-order chi connectivity index (χ1) is 9.24. The number of rotatable bonds is 2. The third-order valence-electron chi connectivity index (χ3n) is 2.96. The number of amides is 1. The van der Waals surface area contributed by atoms with Crippen molar-refractivity contribution in [3.63, 3.8) is 0 Å². The van der Waals surface area contributed by atoms with E-state index in [4.69, 9.17) is 0 Å². The van der Waals surface area contributed by atoms with Crippen molar-refractivity contribution in [1.29, 1.82) is 0 Å². The highest BCUT2D eigenvalue weighted by Crippen LogP contribution is 2.36. The summed E-state index contributed by atoms with van der Waals surface area (Å²) in [4.78, 5) is 12.9. The Labute approximate surface area is 113 Å². The average Bonchev–Trinajstić information content (AvgIpc) is 2.93. The smallest absolute Gasteiger partial charge is 0.273 e. The van der Waals surface area contributed by atoms with Gasteiger partial charge in [0, 0.05) is 10.6 Å². The molecule has 0 spiro atoms. The zero-order chi connectivity index (χ0) is 13.2. The van der Waals surface area contributed by atoms with Crippen LogP contribution in [0.2, 0.25) is 0 Å². The molecule has 1 unspecified atom stereocenters. The first kappa shape index (κ1) is 12.2. The third-order valence-corrected chi connectivity index (χ3v) is 4.09. The minimum absolute atomic E-state index is 0.184. The molecule has 2 N–H and O–H groups in total. The maximum atomic E-state index is 13.3. The zero-order valence-electron chi connectivity index (χ0n) is 9.89. The molecule has 98 valence electrons. The number of benzene rings is 1. The standard InChI is InChI=1S/C12H11FN4OS/c13-7-1-2-11-8(5-7)9(3-4-19-11)15-12(18)10-6-14-17-16-10/h1-2,5-6,9H,3-4H2,(H,15,18)(H,14,16,17). The number of H-pyrrole nitrogens is 1. The number of halogens is 1. The van der Waals surface area contributed by atoms with Crippen molar-refractivity contribution in [2.24, 2.45) is 0 Å². The number of thioether (sulfide) groups is 1. The van der Waals surface area contributed by atoms with Gasteiger partial charge in [-0.25, -0.2) is 4.39 Å². The number of hydrogen-bond acceptors (Lipinski definition) is 4. The van der Waals surface area contributed by atoms with E-state index >= 15 is 0 Å². The Hall–Kier alpha value is -1.89. The second-order valence-corrected chi connectivity index (χ2v) is 5.34. The minimum atomic E-state index is -0.305. The quantitative estimate of drug-likeness (QED) is 0.880. The van der Waals surface area contributed by atoms with Crippen LogP contribution in [0.1, 0.15) is 28.5 Å². The van der Waals surface area contributed by atoms with E-state index in [0.29, 0.717) is 0 Å². The largest absolute Gasteiger partial charge is 0.344 e. The van der Waals surface area contributed by atoms with E-state index in [0.717, 1.165) is 22.6 Å². The molecule has 3 rings (SSSR count). The molecular formula is C12H11FN4OS. The number of hydrogen-bond donors (Lipinski definition) is 2. The van der Waals surface area contributed by atoms with Gasteiger partial charge in [0.2, 0.25) is 0 Å². The summed E-state index contributed by atoms with van der Waals surface area (Å²) >= 11 is 1.67. The Morgan fingerprint density at radius 1 is 1.53 bits per heavy atom. The van der Waals surface area contributed by atoms with Gasteiger partial charge in [-0.1, -0.05) is 0 Å². The van der Waals surface area contributed by atoms with Gasteiger partial charge in [0.15, 0.2) is 5.69 Å². The predicted molar refractivity (Wildman–Crippen MR) is 68.3 cm³/mol. The molecule has 0 aliphatic carbocycles. The topological polar surface area (TPSA) is 70.7 Å². The van der Waals surface area contributed by atoms with Gasteiger partial charge < -0.3 is 5.32 Å². The van der Waals surface area contributed by atoms with Crippen LogP contribution in [0.5, 0.6) is 0 Å². The lowest BCUT2D eigenvalue weighted by Crippen LogP contribution is -2.31. The van der Waals surface area contributed by atoms with E-state index < -0.39 is 0 Å². The van der Waals surface area contributed by atoms with Crippen molar-refractivity contribution in [1.82, 2.24) is 20.7 Å². The number of nitrogens with one attached hydrogen (secondary N) is 2. The molecule has 0 fully saturated rings. The number of aromatic nitrogens is 3. The van der Waals surface area contributed by atoms with Crippen LogP contribution in [0.4, 0.5) is 4.39 Å². The first-order valence-corrected chi connectivity index (χ1v) is 6.81. The van der Waals surface area contributed by atoms with Crippen molar-refractivity contribution in [3.05, 3.63) is 41.5 Å². The number of carbonyl (C=O) groups is 1. The Morgan fingerprint density at radius 3 is 3.21 bits per heavy atom. The van der Waals surface area contributed by atoms with Crippen LogP contribution in [0, 0.1) is 5.82 Å². The van der Waals surface area contributed by atoms with Gasteiger partial charge >= 0.3 is 0 Å². The molecule has 0 saturated heterocycles. The fourth-order valence-corrected chi connectivity index (χ4v) is 3.16. The predicted octanol–water partition coefficient (Wildman–Crippen LogP) is 1.91. The molecule has 0 bridgehead atoms. The summed E-state index contributed by atoms with van der Waals surface area (Å²) in [5.74, 6) is 0.297. The maximum absolute atomic E-state index is 13.3. The number of carbonyl (C=O) groups excluding carboxylic acids is 1. The van der Waals surface area contributed by atoms with E-state index in [9.17, 15) is 9.18 Å². The Morgan fingerprint density at radius 2 is 2.42 bits per heavy atom. The molecular weight excluding hydrogens is 267 g/mol. The van der Waals surface area contributed by atoms with Gasteiger partial charge in [-0.15, -0.1) is 11.8 Å². The van der Waals surface area contributed by atoms with E-state index in [-0.39, 0.29) is 23.5 Å². The monoisotopic (exact) mass is 278 g/mol. The van der Waals surface area contributed by atoms with Gasteiger partial charge in [0.1, 0.15) is 5.82 Å². The van der Waals surface area contributed by atoms with Crippen LogP contribution in [0.3, 0.4) is 0 Å². The van der Waals surface area contributed by atoms with Crippen LogP contribution in [-0.4, -0.2) is 27.1 Å². The van der Waals surface area contributed by atoms with Crippen LogP contribution in [0.25, 0.3) is 0 Å². The molecule has 0 saturated carbocycles. The molecule has 1 atom stereocenters. The molecule has 1 aliphatic heterocycles. The van der Waals surface area contributed by atoms with E-state index in [2.05, 4.69) is 20.7 Å². The van der Waals surface area contributed by atoms with Gasteiger partial charge in [0.25, 0.3) is 5.91 Å². The highest BCUT2D eigenvalue weighted by Gasteiger charge is 2.24. The highest BCUT2D eigenvalue weighted by molar-refractivity contribution is 7.99. The summed E-state index contributed by atoms with van der Waals surface area (Å²) in [6.45, 7) is 0. The molecule has 1 amide bonds. The Bertz CT molecular complexity index is 602. The fraction of sp³-hybridized carbons (Fsp3) is 0.250. The van der Waals surface area contributed by atoms with E-state index in [1.807, 2.05) is 0 Å². The summed E-state index contributed by atoms with van der Waals surface area (Å²) in [5.41, 5.74) is 1.06. The van der Waals surface area contributed by atoms with Gasteiger partial charge in [-0.2, -0.15) is 15.4 Å². The molecule has 5 nitrogen and oxygen atoms in total. The lowest BCUT2D eigenvalue weighted by Gasteiger charge is -2.25. The lowest BCUT2D eigenvalue weighted by molar-refractivity contribution is 0.0929. The van der Waals surface area contributed by atoms with Crippen molar-refractivity contribution in [2.75, 3.05) is 5.75 Å². The summed E-state index contributed by atoms with van der Waals surface area (Å²) in [5, 5.41) is 12.6. The second-order valence-electron chi connectivity index (χ2n) is 4.20. The number of aromatic amines is 1. The van der Waals surface area contributed by atoms with Crippen molar-refractivity contribution in [2.45, 2.75) is 17.4 Å². The molecule has 7 heteroatoms. The molecule has 0 radical (unpaired) electrons. The van der Waals surface area contributed by atoms with Gasteiger partial charge in [-0.05, 0) is 30.2 Å². The van der Waals surface area contributed by atoms with Crippen molar-refractivity contribution in [3.8, 4) is 0 Å². The van der Waals surface area contributed by atoms with Crippen LogP contribution in [0.15, 0.2) is 29.3 Å².